The lowest BCUT2D eigenvalue weighted by Gasteiger charge is -2.25. The van der Waals surface area contributed by atoms with Gasteiger partial charge < -0.3 is 15.5 Å². The van der Waals surface area contributed by atoms with Crippen LogP contribution in [0.3, 0.4) is 0 Å². The van der Waals surface area contributed by atoms with Crippen LogP contribution in [0.15, 0.2) is 11.3 Å². The number of carboxylic acid groups (broad SMARTS) is 1. The zero-order valence-corrected chi connectivity index (χ0v) is 8.09. The normalized spacial score (nSPS) is 33.4. The molecule has 1 aliphatic rings. The smallest absolute Gasteiger partial charge is 0.315 e. The van der Waals surface area contributed by atoms with Crippen LogP contribution in [0.25, 0.3) is 0 Å². The van der Waals surface area contributed by atoms with E-state index >= 15 is 0 Å². The maximum Gasteiger partial charge on any atom is 0.315 e. The lowest BCUT2D eigenvalue weighted by atomic mass is 9.79. The molecule has 1 aliphatic heterocycles. The molecule has 0 bridgehead atoms. The van der Waals surface area contributed by atoms with Crippen LogP contribution in [0, 0.1) is 5.41 Å². The molecule has 2 unspecified atom stereocenters. The van der Waals surface area contributed by atoms with Crippen LogP contribution < -0.4 is 5.32 Å². The predicted octanol–water partition coefficient (Wildman–Crippen LogP) is 0.335. The third-order valence-electron chi connectivity index (χ3n) is 3.09. The van der Waals surface area contributed by atoms with Crippen molar-refractivity contribution >= 4 is 5.97 Å². The maximum atomic E-state index is 11.0. The third-order valence-corrected chi connectivity index (χ3v) is 3.09. The summed E-state index contributed by atoms with van der Waals surface area (Å²) in [6.45, 7) is 5.10. The number of aliphatic hydroxyl groups excluding tert-OH is 1. The Kier molecular flexibility index (Phi) is 2.34. The highest BCUT2D eigenvalue weighted by molar-refractivity contribution is 5.80. The Morgan fingerprint density at radius 2 is 2.23 bits per heavy atom. The van der Waals surface area contributed by atoms with Gasteiger partial charge in [0, 0.05) is 11.7 Å². The molecule has 0 fully saturated rings. The second kappa shape index (κ2) is 3.03. The summed E-state index contributed by atoms with van der Waals surface area (Å²) in [7, 11) is 0. The first-order chi connectivity index (χ1) is 5.94. The summed E-state index contributed by atoms with van der Waals surface area (Å²) in [4.78, 5) is 11.0. The van der Waals surface area contributed by atoms with Gasteiger partial charge in [-0.2, -0.15) is 0 Å². The molecule has 0 saturated heterocycles. The molecule has 4 heteroatoms. The Balaban J connectivity index is 3.11. The molecular weight excluding hydrogens is 170 g/mol. The van der Waals surface area contributed by atoms with E-state index < -0.39 is 11.4 Å². The highest BCUT2D eigenvalue weighted by Crippen LogP contribution is 2.37. The van der Waals surface area contributed by atoms with E-state index in [0.29, 0.717) is 5.70 Å². The van der Waals surface area contributed by atoms with Crippen molar-refractivity contribution < 1.29 is 15.0 Å². The molecule has 2 atom stereocenters. The van der Waals surface area contributed by atoms with Crippen molar-refractivity contribution in [3.05, 3.63) is 11.3 Å². The molecule has 0 aromatic rings. The van der Waals surface area contributed by atoms with Gasteiger partial charge in [-0.1, -0.05) is 0 Å². The summed E-state index contributed by atoms with van der Waals surface area (Å²) in [5.74, 6) is -0.853. The van der Waals surface area contributed by atoms with E-state index in [-0.39, 0.29) is 12.6 Å². The minimum Gasteiger partial charge on any atom is -0.481 e. The minimum absolute atomic E-state index is 0.126. The van der Waals surface area contributed by atoms with Crippen molar-refractivity contribution in [1.29, 1.82) is 0 Å². The van der Waals surface area contributed by atoms with Gasteiger partial charge in [-0.15, -0.1) is 0 Å². The molecule has 0 spiro atoms. The molecule has 0 radical (unpaired) electrons. The van der Waals surface area contributed by atoms with E-state index in [0.717, 1.165) is 5.57 Å². The van der Waals surface area contributed by atoms with E-state index in [4.69, 9.17) is 10.2 Å². The average molecular weight is 185 g/mol. The Bertz CT molecular complexity index is 272. The van der Waals surface area contributed by atoms with Crippen LogP contribution in [0.1, 0.15) is 20.8 Å². The molecule has 3 N–H and O–H groups in total. The van der Waals surface area contributed by atoms with Gasteiger partial charge in [-0.05, 0) is 26.3 Å². The molecular formula is C9H15NO3. The Labute approximate surface area is 77.3 Å². The number of rotatable bonds is 2. The molecule has 13 heavy (non-hydrogen) atoms. The predicted molar refractivity (Wildman–Crippen MR) is 48.1 cm³/mol. The van der Waals surface area contributed by atoms with Gasteiger partial charge in [0.15, 0.2) is 0 Å². The van der Waals surface area contributed by atoms with E-state index in [1.807, 2.05) is 0 Å². The summed E-state index contributed by atoms with van der Waals surface area (Å²) >= 11 is 0. The Morgan fingerprint density at radius 3 is 2.46 bits per heavy atom. The SMILES string of the molecule is CC1=C(CO)NC(C)C1(C)C(=O)O. The van der Waals surface area contributed by atoms with Gasteiger partial charge in [-0.3, -0.25) is 4.79 Å². The maximum absolute atomic E-state index is 11.0. The van der Waals surface area contributed by atoms with E-state index in [1.54, 1.807) is 20.8 Å². The van der Waals surface area contributed by atoms with Crippen molar-refractivity contribution in [2.75, 3.05) is 6.61 Å². The van der Waals surface area contributed by atoms with Crippen LogP contribution in [0.2, 0.25) is 0 Å². The van der Waals surface area contributed by atoms with Crippen LogP contribution in [0.5, 0.6) is 0 Å². The summed E-state index contributed by atoms with van der Waals surface area (Å²) < 4.78 is 0. The van der Waals surface area contributed by atoms with Gasteiger partial charge in [-0.25, -0.2) is 0 Å². The summed E-state index contributed by atoms with van der Waals surface area (Å²) in [6, 6.07) is -0.174. The summed E-state index contributed by atoms with van der Waals surface area (Å²) in [5.41, 5.74) is 0.463. The van der Waals surface area contributed by atoms with Crippen molar-refractivity contribution in [3.8, 4) is 0 Å². The second-order valence-corrected chi connectivity index (χ2v) is 3.64. The number of aliphatic hydroxyl groups is 1. The van der Waals surface area contributed by atoms with Crippen molar-refractivity contribution in [2.45, 2.75) is 26.8 Å². The van der Waals surface area contributed by atoms with E-state index in [9.17, 15) is 4.79 Å². The molecule has 0 aliphatic carbocycles. The van der Waals surface area contributed by atoms with Crippen LogP contribution in [-0.4, -0.2) is 28.8 Å². The van der Waals surface area contributed by atoms with E-state index in [2.05, 4.69) is 5.32 Å². The monoisotopic (exact) mass is 185 g/mol. The van der Waals surface area contributed by atoms with Gasteiger partial charge in [0.1, 0.15) is 5.41 Å². The fraction of sp³-hybridized carbons (Fsp3) is 0.667. The van der Waals surface area contributed by atoms with Crippen LogP contribution in [-0.2, 0) is 4.79 Å². The molecule has 0 aromatic heterocycles. The van der Waals surface area contributed by atoms with Gasteiger partial charge in [0.2, 0.25) is 0 Å². The quantitative estimate of drug-likeness (QED) is 0.580. The van der Waals surface area contributed by atoms with Crippen molar-refractivity contribution in [1.82, 2.24) is 5.32 Å². The van der Waals surface area contributed by atoms with Gasteiger partial charge in [0.25, 0.3) is 0 Å². The number of hydrogen-bond donors (Lipinski definition) is 3. The molecule has 0 saturated carbocycles. The zero-order chi connectivity index (χ0) is 10.2. The number of aliphatic carboxylic acids is 1. The van der Waals surface area contributed by atoms with Gasteiger partial charge in [0.05, 0.1) is 6.61 Å². The minimum atomic E-state index is -0.891. The number of carboxylic acids is 1. The number of hydrogen-bond acceptors (Lipinski definition) is 3. The molecule has 1 rings (SSSR count). The number of carbonyl (C=O) groups is 1. The Hall–Kier alpha value is -1.03. The Morgan fingerprint density at radius 1 is 1.69 bits per heavy atom. The molecule has 1 heterocycles. The largest absolute Gasteiger partial charge is 0.481 e. The van der Waals surface area contributed by atoms with Crippen LogP contribution >= 0.6 is 0 Å². The highest BCUT2D eigenvalue weighted by atomic mass is 16.4. The van der Waals surface area contributed by atoms with Crippen molar-refractivity contribution in [2.24, 2.45) is 5.41 Å². The molecule has 74 valence electrons. The lowest BCUT2D eigenvalue weighted by Crippen LogP contribution is -2.40. The summed E-state index contributed by atoms with van der Waals surface area (Å²) in [5, 5.41) is 21.0. The molecule has 0 aromatic carbocycles. The topological polar surface area (TPSA) is 69.6 Å². The van der Waals surface area contributed by atoms with Gasteiger partial charge >= 0.3 is 5.97 Å². The first kappa shape index (κ1) is 10.1. The number of nitrogens with one attached hydrogen (secondary N) is 1. The first-order valence-electron chi connectivity index (χ1n) is 4.25. The first-order valence-corrected chi connectivity index (χ1v) is 4.25. The molecule has 0 amide bonds. The zero-order valence-electron chi connectivity index (χ0n) is 8.09. The van der Waals surface area contributed by atoms with E-state index in [1.165, 1.54) is 0 Å². The van der Waals surface area contributed by atoms with Crippen LogP contribution in [0.4, 0.5) is 0 Å². The average Bonchev–Trinajstić information content (AvgIpc) is 2.30. The third kappa shape index (κ3) is 1.21. The standard InChI is InChI=1S/C9H15NO3/c1-5-7(4-11)10-6(2)9(5,3)8(12)13/h6,10-11H,4H2,1-3H3,(H,12,13). The lowest BCUT2D eigenvalue weighted by molar-refractivity contribution is -0.146. The van der Waals surface area contributed by atoms with Crippen molar-refractivity contribution in [3.63, 3.8) is 0 Å². The summed E-state index contributed by atoms with van der Waals surface area (Å²) in [6.07, 6.45) is 0. The highest BCUT2D eigenvalue weighted by Gasteiger charge is 2.46. The second-order valence-electron chi connectivity index (χ2n) is 3.64. The fourth-order valence-electron chi connectivity index (χ4n) is 1.66. The fourth-order valence-corrected chi connectivity index (χ4v) is 1.66. The molecule has 4 nitrogen and oxygen atoms in total.